The molecule has 0 aliphatic heterocycles. The van der Waals surface area contributed by atoms with E-state index in [4.69, 9.17) is 5.26 Å². The van der Waals surface area contributed by atoms with Crippen molar-refractivity contribution >= 4 is 5.69 Å². The van der Waals surface area contributed by atoms with Crippen LogP contribution in [0.15, 0.2) is 30.4 Å². The molecule has 0 aromatic heterocycles. The summed E-state index contributed by atoms with van der Waals surface area (Å²) >= 11 is 0. The van der Waals surface area contributed by atoms with Gasteiger partial charge in [-0.1, -0.05) is 12.2 Å². The Morgan fingerprint density at radius 3 is 2.69 bits per heavy atom. The van der Waals surface area contributed by atoms with Crippen LogP contribution in [0.5, 0.6) is 0 Å². The summed E-state index contributed by atoms with van der Waals surface area (Å²) in [5.41, 5.74) is 1.88. The van der Waals surface area contributed by atoms with Gasteiger partial charge in [0.15, 0.2) is 0 Å². The molecule has 0 atom stereocenters. The number of likely N-dealkylation sites (N-methyl/N-ethyl adjacent to an activating group) is 1. The minimum Gasteiger partial charge on any atom is -0.368 e. The van der Waals surface area contributed by atoms with Gasteiger partial charge in [-0.05, 0) is 32.0 Å². The normalized spacial score (nSPS) is 9.62. The Labute approximate surface area is 95.6 Å². The van der Waals surface area contributed by atoms with Crippen LogP contribution in [0.2, 0.25) is 0 Å². The van der Waals surface area contributed by atoms with Gasteiger partial charge in [-0.15, -0.1) is 0 Å². The zero-order valence-corrected chi connectivity index (χ0v) is 9.63. The van der Waals surface area contributed by atoms with E-state index in [0.29, 0.717) is 6.54 Å². The average Bonchev–Trinajstić information content (AvgIpc) is 2.25. The van der Waals surface area contributed by atoms with Gasteiger partial charge >= 0.3 is 0 Å². The molecule has 0 radical (unpaired) electrons. The number of nitrogens with zero attached hydrogens (tertiary/aromatic N) is 2. The molecule has 0 saturated heterocycles. The molecule has 0 heterocycles. The summed E-state index contributed by atoms with van der Waals surface area (Å²) in [5, 5.41) is 8.63. The summed E-state index contributed by atoms with van der Waals surface area (Å²) in [5.74, 6) is -0.472. The number of nitriles is 1. The lowest BCUT2D eigenvalue weighted by Gasteiger charge is -2.23. The van der Waals surface area contributed by atoms with Crippen LogP contribution < -0.4 is 4.90 Å². The maximum Gasteiger partial charge on any atom is 0.143 e. The fourth-order valence-electron chi connectivity index (χ4n) is 1.50. The first-order valence-corrected chi connectivity index (χ1v) is 5.17. The number of halogens is 1. The number of hydrogen-bond acceptors (Lipinski definition) is 2. The van der Waals surface area contributed by atoms with Gasteiger partial charge in [0.1, 0.15) is 11.9 Å². The molecule has 16 heavy (non-hydrogen) atoms. The van der Waals surface area contributed by atoms with Gasteiger partial charge in [-0.25, -0.2) is 4.39 Å². The standard InChI is InChI=1S/C13H15FN2/c1-4-16(9-10(2)3)12-6-5-11(8-15)13(14)7-12/h5-7H,2,4,9H2,1,3H3. The van der Waals surface area contributed by atoms with Gasteiger partial charge in [0.2, 0.25) is 0 Å². The van der Waals surface area contributed by atoms with Crippen molar-refractivity contribution in [3.05, 3.63) is 41.7 Å². The Morgan fingerprint density at radius 1 is 1.56 bits per heavy atom. The van der Waals surface area contributed by atoms with Gasteiger partial charge in [-0.3, -0.25) is 0 Å². The minimum absolute atomic E-state index is 0.0788. The van der Waals surface area contributed by atoms with Gasteiger partial charge in [0.05, 0.1) is 5.56 Å². The molecule has 0 saturated carbocycles. The SMILES string of the molecule is C=C(C)CN(CC)c1ccc(C#N)c(F)c1. The lowest BCUT2D eigenvalue weighted by Crippen LogP contribution is -2.24. The number of hydrogen-bond donors (Lipinski definition) is 0. The van der Waals surface area contributed by atoms with E-state index >= 15 is 0 Å². The van der Waals surface area contributed by atoms with Crippen LogP contribution in [0, 0.1) is 17.1 Å². The third kappa shape index (κ3) is 2.83. The molecular weight excluding hydrogens is 203 g/mol. The van der Waals surface area contributed by atoms with E-state index in [2.05, 4.69) is 6.58 Å². The Hall–Kier alpha value is -1.82. The van der Waals surface area contributed by atoms with Crippen molar-refractivity contribution in [1.82, 2.24) is 0 Å². The average molecular weight is 218 g/mol. The summed E-state index contributed by atoms with van der Waals surface area (Å²) in [4.78, 5) is 2.01. The molecule has 1 aromatic carbocycles. The fraction of sp³-hybridized carbons (Fsp3) is 0.308. The van der Waals surface area contributed by atoms with Gasteiger partial charge in [-0.2, -0.15) is 5.26 Å². The number of benzene rings is 1. The Morgan fingerprint density at radius 2 is 2.25 bits per heavy atom. The molecule has 0 unspecified atom stereocenters. The van der Waals surface area contributed by atoms with E-state index in [0.717, 1.165) is 17.8 Å². The molecule has 0 aliphatic rings. The molecule has 0 fully saturated rings. The highest BCUT2D eigenvalue weighted by Gasteiger charge is 2.08. The van der Waals surface area contributed by atoms with E-state index < -0.39 is 5.82 Å². The van der Waals surface area contributed by atoms with Crippen LogP contribution in [0.3, 0.4) is 0 Å². The second-order valence-corrected chi connectivity index (χ2v) is 3.75. The minimum atomic E-state index is -0.472. The second-order valence-electron chi connectivity index (χ2n) is 3.75. The van der Waals surface area contributed by atoms with E-state index in [9.17, 15) is 4.39 Å². The van der Waals surface area contributed by atoms with Crippen LogP contribution in [-0.4, -0.2) is 13.1 Å². The van der Waals surface area contributed by atoms with Crippen molar-refractivity contribution in [2.75, 3.05) is 18.0 Å². The highest BCUT2D eigenvalue weighted by Crippen LogP contribution is 2.18. The number of anilines is 1. The molecule has 1 rings (SSSR count). The van der Waals surface area contributed by atoms with Crippen molar-refractivity contribution in [2.24, 2.45) is 0 Å². The molecule has 84 valence electrons. The topological polar surface area (TPSA) is 27.0 Å². The summed E-state index contributed by atoms with van der Waals surface area (Å²) in [6, 6.07) is 6.47. The van der Waals surface area contributed by atoms with Crippen molar-refractivity contribution in [3.8, 4) is 6.07 Å². The van der Waals surface area contributed by atoms with Crippen molar-refractivity contribution in [1.29, 1.82) is 5.26 Å². The largest absolute Gasteiger partial charge is 0.368 e. The predicted molar refractivity (Wildman–Crippen MR) is 63.8 cm³/mol. The zero-order chi connectivity index (χ0) is 12.1. The zero-order valence-electron chi connectivity index (χ0n) is 9.63. The van der Waals surface area contributed by atoms with E-state index in [1.165, 1.54) is 12.1 Å². The van der Waals surface area contributed by atoms with E-state index in [-0.39, 0.29) is 5.56 Å². The lowest BCUT2D eigenvalue weighted by atomic mass is 10.2. The Bertz CT molecular complexity index is 432. The van der Waals surface area contributed by atoms with Gasteiger partial charge in [0, 0.05) is 18.8 Å². The molecule has 0 spiro atoms. The summed E-state index contributed by atoms with van der Waals surface area (Å²) in [6.45, 7) is 9.24. The van der Waals surface area contributed by atoms with Gasteiger partial charge < -0.3 is 4.90 Å². The van der Waals surface area contributed by atoms with E-state index in [1.54, 1.807) is 6.07 Å². The third-order valence-corrected chi connectivity index (χ3v) is 2.28. The van der Waals surface area contributed by atoms with E-state index in [1.807, 2.05) is 24.8 Å². The Kier molecular flexibility index (Phi) is 4.07. The van der Waals surface area contributed by atoms with Crippen molar-refractivity contribution in [2.45, 2.75) is 13.8 Å². The summed E-state index contributed by atoms with van der Waals surface area (Å²) in [6.07, 6.45) is 0. The molecule has 0 N–H and O–H groups in total. The van der Waals surface area contributed by atoms with Crippen LogP contribution >= 0.6 is 0 Å². The first kappa shape index (κ1) is 12.3. The summed E-state index contributed by atoms with van der Waals surface area (Å²) in [7, 11) is 0. The van der Waals surface area contributed by atoms with Crippen molar-refractivity contribution < 1.29 is 4.39 Å². The van der Waals surface area contributed by atoms with Gasteiger partial charge in [0.25, 0.3) is 0 Å². The maximum absolute atomic E-state index is 13.4. The maximum atomic E-state index is 13.4. The molecule has 0 aliphatic carbocycles. The second kappa shape index (κ2) is 5.32. The van der Waals surface area contributed by atoms with Crippen LogP contribution in [-0.2, 0) is 0 Å². The van der Waals surface area contributed by atoms with Crippen LogP contribution in [0.1, 0.15) is 19.4 Å². The Balaban J connectivity index is 2.99. The molecule has 0 amide bonds. The predicted octanol–water partition coefficient (Wildman–Crippen LogP) is 3.10. The smallest absolute Gasteiger partial charge is 0.143 e. The lowest BCUT2D eigenvalue weighted by molar-refractivity contribution is 0.623. The van der Waals surface area contributed by atoms with Crippen LogP contribution in [0.25, 0.3) is 0 Å². The molecular formula is C13H15FN2. The summed E-state index contributed by atoms with van der Waals surface area (Å²) < 4.78 is 13.4. The fourth-order valence-corrected chi connectivity index (χ4v) is 1.50. The first-order valence-electron chi connectivity index (χ1n) is 5.17. The highest BCUT2D eigenvalue weighted by atomic mass is 19.1. The van der Waals surface area contributed by atoms with Crippen molar-refractivity contribution in [3.63, 3.8) is 0 Å². The van der Waals surface area contributed by atoms with Crippen LogP contribution in [0.4, 0.5) is 10.1 Å². The quantitative estimate of drug-likeness (QED) is 0.726. The third-order valence-electron chi connectivity index (χ3n) is 2.28. The molecule has 1 aromatic rings. The molecule has 0 bridgehead atoms. The molecule has 3 heteroatoms. The monoisotopic (exact) mass is 218 g/mol. The highest BCUT2D eigenvalue weighted by molar-refractivity contribution is 5.51. The first-order chi connectivity index (χ1) is 7.58. The number of rotatable bonds is 4. The molecule has 2 nitrogen and oxygen atoms in total.